The Balaban J connectivity index is 1.47. The number of rotatable bonds is 4. The molecule has 1 aliphatic carbocycles. The van der Waals surface area contributed by atoms with E-state index in [0.717, 1.165) is 18.7 Å². The van der Waals surface area contributed by atoms with Gasteiger partial charge in [0.1, 0.15) is 12.4 Å². The van der Waals surface area contributed by atoms with Gasteiger partial charge in [-0.1, -0.05) is 0 Å². The number of carbonyl (C=O) groups is 1. The van der Waals surface area contributed by atoms with Crippen molar-refractivity contribution in [1.82, 2.24) is 25.4 Å². The van der Waals surface area contributed by atoms with E-state index in [1.807, 2.05) is 0 Å². The molecule has 1 unspecified atom stereocenters. The summed E-state index contributed by atoms with van der Waals surface area (Å²) >= 11 is 0. The Labute approximate surface area is 139 Å². The number of nitrogens with one attached hydrogen (secondary N) is 2. The van der Waals surface area contributed by atoms with Crippen molar-refractivity contribution in [2.24, 2.45) is 0 Å². The van der Waals surface area contributed by atoms with Crippen LogP contribution < -0.4 is 10.6 Å². The average molecular weight is 343 g/mol. The molecule has 134 valence electrons. The van der Waals surface area contributed by atoms with Crippen molar-refractivity contribution < 1.29 is 18.3 Å². The molecule has 1 aromatic rings. The van der Waals surface area contributed by atoms with Gasteiger partial charge in [-0.2, -0.15) is 5.10 Å². The van der Waals surface area contributed by atoms with E-state index >= 15 is 0 Å². The number of urea groups is 1. The predicted octanol–water partition coefficient (Wildman–Crippen LogP) is 1.62. The minimum Gasteiger partial charge on any atom is -0.377 e. The summed E-state index contributed by atoms with van der Waals surface area (Å²) in [7, 11) is 1.59. The zero-order valence-corrected chi connectivity index (χ0v) is 13.7. The van der Waals surface area contributed by atoms with Crippen LogP contribution in [0.25, 0.3) is 0 Å². The molecule has 1 aliphatic heterocycles. The molecule has 0 aromatic carbocycles. The molecule has 2 N–H and O–H groups in total. The Bertz CT molecular complexity index is 582. The van der Waals surface area contributed by atoms with Gasteiger partial charge in [0.25, 0.3) is 0 Å². The lowest BCUT2D eigenvalue weighted by Crippen LogP contribution is -2.50. The van der Waals surface area contributed by atoms with Crippen LogP contribution in [-0.4, -0.2) is 45.9 Å². The highest BCUT2D eigenvalue weighted by Crippen LogP contribution is 2.32. The monoisotopic (exact) mass is 343 g/mol. The number of hydrogen-bond acceptors (Lipinski definition) is 4. The predicted molar refractivity (Wildman–Crippen MR) is 81.7 cm³/mol. The molecular formula is C15H23F2N5O2. The van der Waals surface area contributed by atoms with Crippen molar-refractivity contribution in [3.8, 4) is 0 Å². The van der Waals surface area contributed by atoms with Crippen molar-refractivity contribution in [1.29, 1.82) is 0 Å². The van der Waals surface area contributed by atoms with Crippen LogP contribution in [0, 0.1) is 0 Å². The van der Waals surface area contributed by atoms with E-state index in [1.54, 1.807) is 11.8 Å². The number of aromatic nitrogens is 3. The molecule has 3 rings (SSSR count). The van der Waals surface area contributed by atoms with Gasteiger partial charge in [-0.05, 0) is 19.3 Å². The summed E-state index contributed by atoms with van der Waals surface area (Å²) < 4.78 is 33.1. The molecule has 2 heterocycles. The zero-order chi connectivity index (χ0) is 17.2. The van der Waals surface area contributed by atoms with Crippen molar-refractivity contribution in [3.05, 3.63) is 11.6 Å². The first kappa shape index (κ1) is 17.1. The largest absolute Gasteiger partial charge is 0.377 e. The second kappa shape index (κ2) is 7.00. The molecule has 1 aromatic heterocycles. The number of methoxy groups -OCH3 is 1. The van der Waals surface area contributed by atoms with Crippen molar-refractivity contribution in [3.63, 3.8) is 0 Å². The Morgan fingerprint density at radius 2 is 2.00 bits per heavy atom. The minimum atomic E-state index is -2.58. The van der Waals surface area contributed by atoms with Gasteiger partial charge < -0.3 is 15.4 Å². The Morgan fingerprint density at radius 1 is 1.29 bits per heavy atom. The third-order valence-corrected chi connectivity index (χ3v) is 4.56. The number of ether oxygens (including phenoxy) is 1. The van der Waals surface area contributed by atoms with Crippen LogP contribution in [0.5, 0.6) is 0 Å². The number of halogens is 2. The topological polar surface area (TPSA) is 81.1 Å². The molecular weight excluding hydrogens is 320 g/mol. The fourth-order valence-electron chi connectivity index (χ4n) is 3.27. The third-order valence-electron chi connectivity index (χ3n) is 4.56. The number of hydrogen-bond donors (Lipinski definition) is 2. The van der Waals surface area contributed by atoms with Crippen molar-refractivity contribution in [2.75, 3.05) is 7.11 Å². The molecule has 0 spiro atoms. The average Bonchev–Trinajstić information content (AvgIpc) is 2.91. The summed E-state index contributed by atoms with van der Waals surface area (Å²) in [4.78, 5) is 16.5. The van der Waals surface area contributed by atoms with Gasteiger partial charge in [0.2, 0.25) is 5.92 Å². The van der Waals surface area contributed by atoms with E-state index in [0.29, 0.717) is 31.8 Å². The fraction of sp³-hybridized carbons (Fsp3) is 0.800. The minimum absolute atomic E-state index is 0.0420. The zero-order valence-electron chi connectivity index (χ0n) is 13.7. The molecule has 1 saturated carbocycles. The molecule has 2 amide bonds. The van der Waals surface area contributed by atoms with E-state index in [9.17, 15) is 13.6 Å². The van der Waals surface area contributed by atoms with Crippen LogP contribution >= 0.6 is 0 Å². The van der Waals surface area contributed by atoms with Crippen LogP contribution in [0.1, 0.15) is 43.8 Å². The van der Waals surface area contributed by atoms with E-state index in [-0.39, 0.29) is 31.0 Å². The number of alkyl halides is 2. The number of carbonyl (C=O) groups excluding carboxylic acids is 1. The quantitative estimate of drug-likeness (QED) is 0.870. The molecule has 1 atom stereocenters. The molecule has 2 aliphatic rings. The summed E-state index contributed by atoms with van der Waals surface area (Å²) in [5, 5.41) is 10.1. The first-order valence-electron chi connectivity index (χ1n) is 8.31. The normalized spacial score (nSPS) is 23.5. The summed E-state index contributed by atoms with van der Waals surface area (Å²) in [6.07, 6.45) is 1.83. The summed E-state index contributed by atoms with van der Waals surface area (Å²) in [6.45, 7) is 0.924. The van der Waals surface area contributed by atoms with Gasteiger partial charge in [0.05, 0.1) is 12.6 Å². The Morgan fingerprint density at radius 3 is 2.71 bits per heavy atom. The molecule has 0 saturated heterocycles. The number of nitrogens with zero attached hydrogens (tertiary/aromatic N) is 3. The lowest BCUT2D eigenvalue weighted by Gasteiger charge is -2.30. The smallest absolute Gasteiger partial charge is 0.315 e. The highest BCUT2D eigenvalue weighted by Gasteiger charge is 2.35. The number of fused-ring (bicyclic) bond motifs is 1. The Kier molecular flexibility index (Phi) is 4.98. The van der Waals surface area contributed by atoms with E-state index in [1.165, 1.54) is 0 Å². The van der Waals surface area contributed by atoms with Crippen molar-refractivity contribution in [2.45, 2.75) is 69.7 Å². The highest BCUT2D eigenvalue weighted by atomic mass is 19.3. The summed E-state index contributed by atoms with van der Waals surface area (Å²) in [6, 6.07) is -0.515. The molecule has 9 heteroatoms. The van der Waals surface area contributed by atoms with E-state index < -0.39 is 5.92 Å². The van der Waals surface area contributed by atoms with Gasteiger partial charge in [-0.15, -0.1) is 0 Å². The maximum atomic E-state index is 13.1. The van der Waals surface area contributed by atoms with Crippen LogP contribution in [-0.2, 0) is 24.3 Å². The molecule has 7 nitrogen and oxygen atoms in total. The van der Waals surface area contributed by atoms with Gasteiger partial charge in [0.15, 0.2) is 5.82 Å². The standard InChI is InChI=1S/C15H23F2N5O2/c1-24-9-12-20-13-3-2-11(8-22(13)21-12)19-14(23)18-10-4-6-15(16,17)7-5-10/h10-11H,2-9H2,1H3,(H2,18,19,23). The van der Waals surface area contributed by atoms with Crippen molar-refractivity contribution >= 4 is 6.03 Å². The summed E-state index contributed by atoms with van der Waals surface area (Å²) in [5.74, 6) is -1.04. The SMILES string of the molecule is COCc1nc2n(n1)CC(NC(=O)NC1CCC(F)(F)CC1)CC2. The first-order valence-corrected chi connectivity index (χ1v) is 8.31. The fourth-order valence-corrected chi connectivity index (χ4v) is 3.27. The molecule has 1 fully saturated rings. The number of aryl methyl sites for hydroxylation is 1. The van der Waals surface area contributed by atoms with Crippen LogP contribution in [0.2, 0.25) is 0 Å². The van der Waals surface area contributed by atoms with Gasteiger partial charge >= 0.3 is 6.03 Å². The molecule has 0 radical (unpaired) electrons. The highest BCUT2D eigenvalue weighted by molar-refractivity contribution is 5.74. The second-order valence-electron chi connectivity index (χ2n) is 6.54. The lowest BCUT2D eigenvalue weighted by molar-refractivity contribution is -0.0395. The maximum absolute atomic E-state index is 13.1. The molecule has 0 bridgehead atoms. The van der Waals surface area contributed by atoms with Gasteiger partial charge in [0, 0.05) is 32.4 Å². The maximum Gasteiger partial charge on any atom is 0.315 e. The second-order valence-corrected chi connectivity index (χ2v) is 6.54. The number of amides is 2. The lowest BCUT2D eigenvalue weighted by atomic mass is 9.92. The van der Waals surface area contributed by atoms with E-state index in [2.05, 4.69) is 20.7 Å². The van der Waals surface area contributed by atoms with Gasteiger partial charge in [-0.25, -0.2) is 23.2 Å². The summed E-state index contributed by atoms with van der Waals surface area (Å²) in [5.41, 5.74) is 0. The van der Waals surface area contributed by atoms with Gasteiger partial charge in [-0.3, -0.25) is 0 Å². The van der Waals surface area contributed by atoms with Crippen LogP contribution in [0.15, 0.2) is 0 Å². The molecule has 24 heavy (non-hydrogen) atoms. The Hall–Kier alpha value is -1.77. The third kappa shape index (κ3) is 4.19. The first-order chi connectivity index (χ1) is 11.4. The van der Waals surface area contributed by atoms with E-state index in [4.69, 9.17) is 4.74 Å². The van der Waals surface area contributed by atoms with Crippen LogP contribution in [0.4, 0.5) is 13.6 Å². The van der Waals surface area contributed by atoms with Crippen LogP contribution in [0.3, 0.4) is 0 Å².